The van der Waals surface area contributed by atoms with Gasteiger partial charge in [-0.2, -0.15) is 0 Å². The van der Waals surface area contributed by atoms with Gasteiger partial charge in [-0.05, 0) is 13.3 Å². The van der Waals surface area contributed by atoms with Crippen molar-refractivity contribution in [1.29, 1.82) is 0 Å². The lowest BCUT2D eigenvalue weighted by atomic mass is 9.97. The first-order chi connectivity index (χ1) is 5.40. The number of carbonyl (C=O) groups excluding carboxylic acids is 2. The van der Waals surface area contributed by atoms with E-state index in [4.69, 9.17) is 11.5 Å². The minimum Gasteiger partial charge on any atom is -0.351 e. The van der Waals surface area contributed by atoms with Crippen LogP contribution in [0.15, 0.2) is 0 Å². The number of rotatable bonds is 3. The van der Waals surface area contributed by atoms with Crippen LogP contribution in [0.3, 0.4) is 0 Å². The lowest BCUT2D eigenvalue weighted by Crippen LogP contribution is -2.54. The zero-order chi connectivity index (χ0) is 9.78. The van der Waals surface area contributed by atoms with Crippen LogP contribution in [-0.2, 0) is 4.79 Å². The Morgan fingerprint density at radius 1 is 1.50 bits per heavy atom. The number of carbonyl (C=O) groups is 2. The van der Waals surface area contributed by atoms with Crippen molar-refractivity contribution in [3.05, 3.63) is 0 Å². The number of nitrogens with two attached hydrogens (primary N) is 2. The second-order valence-electron chi connectivity index (χ2n) is 2.99. The fourth-order valence-corrected chi connectivity index (χ4v) is 0.888. The smallest absolute Gasteiger partial charge is 0.318 e. The van der Waals surface area contributed by atoms with Gasteiger partial charge in [0.05, 0.1) is 5.54 Å². The van der Waals surface area contributed by atoms with Gasteiger partial charge in [-0.3, -0.25) is 10.1 Å². The van der Waals surface area contributed by atoms with Crippen LogP contribution in [0.2, 0.25) is 0 Å². The number of amides is 3. The molecule has 0 aromatic heterocycles. The number of hydrogen-bond acceptors (Lipinski definition) is 3. The molecule has 3 amide bonds. The first-order valence-electron chi connectivity index (χ1n) is 3.80. The highest BCUT2D eigenvalue weighted by Crippen LogP contribution is 2.07. The summed E-state index contributed by atoms with van der Waals surface area (Å²) in [6, 6.07) is -0.868. The molecule has 70 valence electrons. The Morgan fingerprint density at radius 3 is 2.33 bits per heavy atom. The van der Waals surface area contributed by atoms with Crippen molar-refractivity contribution in [2.24, 2.45) is 11.5 Å². The maximum atomic E-state index is 11.1. The first-order valence-corrected chi connectivity index (χ1v) is 3.80. The van der Waals surface area contributed by atoms with E-state index in [0.29, 0.717) is 6.42 Å². The molecule has 0 saturated carbocycles. The number of imide groups is 1. The molecule has 0 aliphatic rings. The summed E-state index contributed by atoms with van der Waals surface area (Å²) < 4.78 is 0. The van der Waals surface area contributed by atoms with E-state index < -0.39 is 17.5 Å². The van der Waals surface area contributed by atoms with Crippen LogP contribution in [0.1, 0.15) is 26.7 Å². The molecule has 5 N–H and O–H groups in total. The van der Waals surface area contributed by atoms with Gasteiger partial charge in [0.1, 0.15) is 0 Å². The molecule has 0 fully saturated rings. The second kappa shape index (κ2) is 4.06. The van der Waals surface area contributed by atoms with Crippen LogP contribution in [0.5, 0.6) is 0 Å². The van der Waals surface area contributed by atoms with Gasteiger partial charge in [0.2, 0.25) is 5.91 Å². The highest BCUT2D eigenvalue weighted by Gasteiger charge is 2.27. The minimum atomic E-state index is -1.01. The van der Waals surface area contributed by atoms with E-state index in [2.05, 4.69) is 0 Å². The summed E-state index contributed by atoms with van der Waals surface area (Å²) in [5.74, 6) is -0.531. The Labute approximate surface area is 71.5 Å². The minimum absolute atomic E-state index is 0.520. The average molecular weight is 173 g/mol. The Hall–Kier alpha value is -1.10. The van der Waals surface area contributed by atoms with Crippen LogP contribution >= 0.6 is 0 Å². The Bertz CT molecular complexity index is 189. The monoisotopic (exact) mass is 173 g/mol. The van der Waals surface area contributed by atoms with Gasteiger partial charge >= 0.3 is 6.03 Å². The van der Waals surface area contributed by atoms with Crippen molar-refractivity contribution in [1.82, 2.24) is 5.32 Å². The predicted octanol–water partition coefficient (Wildman–Crippen LogP) is -0.301. The molecule has 5 nitrogen and oxygen atoms in total. The third kappa shape index (κ3) is 3.34. The molecule has 0 saturated heterocycles. The van der Waals surface area contributed by atoms with Crippen molar-refractivity contribution in [2.75, 3.05) is 0 Å². The normalized spacial score (nSPS) is 14.9. The largest absolute Gasteiger partial charge is 0.351 e. The van der Waals surface area contributed by atoms with Gasteiger partial charge in [0.25, 0.3) is 0 Å². The van der Waals surface area contributed by atoms with E-state index in [1.54, 1.807) is 6.92 Å². The van der Waals surface area contributed by atoms with Gasteiger partial charge in [-0.15, -0.1) is 0 Å². The summed E-state index contributed by atoms with van der Waals surface area (Å²) in [7, 11) is 0. The van der Waals surface area contributed by atoms with E-state index in [1.165, 1.54) is 0 Å². The highest BCUT2D eigenvalue weighted by molar-refractivity contribution is 5.98. The summed E-state index contributed by atoms with van der Waals surface area (Å²) in [6.07, 6.45) is 1.30. The maximum Gasteiger partial charge on any atom is 0.318 e. The standard InChI is InChI=1S/C7H15N3O2/c1-3-4-7(2,9)5(11)10-6(8)12/h3-4,9H2,1-2H3,(H3,8,10,11,12). The molecule has 0 bridgehead atoms. The Balaban J connectivity index is 4.15. The summed E-state index contributed by atoms with van der Waals surface area (Å²) in [4.78, 5) is 21.4. The molecule has 0 aliphatic heterocycles. The van der Waals surface area contributed by atoms with Crippen LogP contribution in [0.25, 0.3) is 0 Å². The molecular weight excluding hydrogens is 158 g/mol. The highest BCUT2D eigenvalue weighted by atomic mass is 16.2. The Kier molecular flexibility index (Phi) is 3.69. The van der Waals surface area contributed by atoms with E-state index in [0.717, 1.165) is 6.42 Å². The zero-order valence-electron chi connectivity index (χ0n) is 7.39. The van der Waals surface area contributed by atoms with Crippen LogP contribution in [0.4, 0.5) is 4.79 Å². The third-order valence-corrected chi connectivity index (χ3v) is 1.52. The molecule has 0 radical (unpaired) electrons. The molecule has 0 aromatic carbocycles. The molecule has 0 aliphatic carbocycles. The lowest BCUT2D eigenvalue weighted by molar-refractivity contribution is -0.124. The molecular formula is C7H15N3O2. The molecule has 0 spiro atoms. The van der Waals surface area contributed by atoms with Crippen LogP contribution in [-0.4, -0.2) is 17.5 Å². The summed E-state index contributed by atoms with van der Waals surface area (Å²) in [5.41, 5.74) is 9.35. The quantitative estimate of drug-likeness (QED) is 0.546. The number of urea groups is 1. The van der Waals surface area contributed by atoms with Crippen molar-refractivity contribution in [3.8, 4) is 0 Å². The fraction of sp³-hybridized carbons (Fsp3) is 0.714. The van der Waals surface area contributed by atoms with Gasteiger partial charge in [-0.1, -0.05) is 13.3 Å². The van der Waals surface area contributed by atoms with Crippen LogP contribution in [0, 0.1) is 0 Å². The maximum absolute atomic E-state index is 11.1. The molecule has 0 aromatic rings. The Morgan fingerprint density at radius 2 is 2.00 bits per heavy atom. The summed E-state index contributed by atoms with van der Waals surface area (Å²) >= 11 is 0. The van der Waals surface area contributed by atoms with E-state index in [-0.39, 0.29) is 0 Å². The van der Waals surface area contributed by atoms with Crippen molar-refractivity contribution in [2.45, 2.75) is 32.2 Å². The molecule has 0 rings (SSSR count). The summed E-state index contributed by atoms with van der Waals surface area (Å²) in [6.45, 7) is 3.47. The number of nitrogens with one attached hydrogen (secondary N) is 1. The van der Waals surface area contributed by atoms with E-state index >= 15 is 0 Å². The van der Waals surface area contributed by atoms with Crippen molar-refractivity contribution in [3.63, 3.8) is 0 Å². The number of primary amides is 1. The second-order valence-corrected chi connectivity index (χ2v) is 2.99. The molecule has 1 atom stereocenters. The molecule has 12 heavy (non-hydrogen) atoms. The molecule has 0 heterocycles. The molecule has 5 heteroatoms. The van der Waals surface area contributed by atoms with Gasteiger partial charge in [-0.25, -0.2) is 4.79 Å². The fourth-order valence-electron chi connectivity index (χ4n) is 0.888. The lowest BCUT2D eigenvalue weighted by Gasteiger charge is -2.21. The third-order valence-electron chi connectivity index (χ3n) is 1.52. The van der Waals surface area contributed by atoms with E-state index in [9.17, 15) is 9.59 Å². The summed E-state index contributed by atoms with van der Waals surface area (Å²) in [5, 5.41) is 1.94. The van der Waals surface area contributed by atoms with Gasteiger partial charge in [0.15, 0.2) is 0 Å². The predicted molar refractivity (Wildman–Crippen MR) is 45.2 cm³/mol. The first kappa shape index (κ1) is 10.9. The van der Waals surface area contributed by atoms with E-state index in [1.807, 2.05) is 12.2 Å². The average Bonchev–Trinajstić information content (AvgIpc) is 1.85. The van der Waals surface area contributed by atoms with Gasteiger partial charge < -0.3 is 11.5 Å². The van der Waals surface area contributed by atoms with Gasteiger partial charge in [0, 0.05) is 0 Å². The topological polar surface area (TPSA) is 98.2 Å². The SMILES string of the molecule is CCCC(C)(N)C(=O)NC(N)=O. The van der Waals surface area contributed by atoms with Crippen molar-refractivity contribution >= 4 is 11.9 Å². The zero-order valence-corrected chi connectivity index (χ0v) is 7.39. The van der Waals surface area contributed by atoms with Crippen molar-refractivity contribution < 1.29 is 9.59 Å². The molecule has 1 unspecified atom stereocenters. The number of hydrogen-bond donors (Lipinski definition) is 3. The van der Waals surface area contributed by atoms with Crippen LogP contribution < -0.4 is 16.8 Å².